The predicted molar refractivity (Wildman–Crippen MR) is 60.0 cm³/mol. The van der Waals surface area contributed by atoms with Crippen LogP contribution in [0.2, 0.25) is 0 Å². The molecule has 0 fully saturated rings. The zero-order valence-electron chi connectivity index (χ0n) is 9.36. The van der Waals surface area contributed by atoms with E-state index < -0.39 is 12.7 Å². The zero-order valence-corrected chi connectivity index (χ0v) is 10.3. The Morgan fingerprint density at radius 1 is 1.35 bits per heavy atom. The first-order valence-corrected chi connectivity index (χ1v) is 6.21. The highest BCUT2D eigenvalue weighted by Crippen LogP contribution is 2.48. The molecule has 0 spiro atoms. The van der Waals surface area contributed by atoms with Gasteiger partial charge in [-0.15, -0.1) is 0 Å². The van der Waals surface area contributed by atoms with Crippen molar-refractivity contribution in [3.63, 3.8) is 0 Å². The summed E-state index contributed by atoms with van der Waals surface area (Å²) >= 11 is 0. The van der Waals surface area contributed by atoms with Gasteiger partial charge in [-0.1, -0.05) is 0 Å². The summed E-state index contributed by atoms with van der Waals surface area (Å²) in [6, 6.07) is 5.12. The number of nitro benzene ring substituents is 1. The van der Waals surface area contributed by atoms with Gasteiger partial charge in [-0.05, 0) is 19.1 Å². The van der Waals surface area contributed by atoms with Crippen LogP contribution in [0.1, 0.15) is 6.92 Å². The summed E-state index contributed by atoms with van der Waals surface area (Å²) in [6.07, 6.45) is 0. The standard InChI is InChI=1S/C9H12NO6P/c1-3-15-17(13,14-2)16-9-6-4-8(5-7-9)10(11)12/h4-7H,3H2,1-2H3/t17-/m0/s1. The Morgan fingerprint density at radius 2 is 1.94 bits per heavy atom. The number of rotatable bonds is 6. The highest BCUT2D eigenvalue weighted by atomic mass is 31.2. The summed E-state index contributed by atoms with van der Waals surface area (Å²) in [7, 11) is -2.43. The van der Waals surface area contributed by atoms with E-state index in [1.807, 2.05) is 0 Å². The number of nitrogens with zero attached hydrogens (tertiary/aromatic N) is 1. The molecule has 0 radical (unpaired) electrons. The van der Waals surface area contributed by atoms with E-state index in [2.05, 4.69) is 4.52 Å². The second-order valence-corrected chi connectivity index (χ2v) is 4.59. The number of hydrogen-bond donors (Lipinski definition) is 0. The van der Waals surface area contributed by atoms with Gasteiger partial charge in [0.05, 0.1) is 11.5 Å². The van der Waals surface area contributed by atoms with Crippen molar-refractivity contribution in [1.29, 1.82) is 0 Å². The minimum atomic E-state index is -3.63. The summed E-state index contributed by atoms with van der Waals surface area (Å²) in [4.78, 5) is 9.88. The number of hydrogen-bond acceptors (Lipinski definition) is 6. The molecular formula is C9H12NO6P. The molecule has 0 unspecified atom stereocenters. The van der Waals surface area contributed by atoms with E-state index in [-0.39, 0.29) is 18.0 Å². The van der Waals surface area contributed by atoms with Crippen molar-refractivity contribution in [3.8, 4) is 5.75 Å². The minimum absolute atomic E-state index is 0.0824. The summed E-state index contributed by atoms with van der Waals surface area (Å²) in [5, 5.41) is 10.4. The smallest absolute Gasteiger partial charge is 0.404 e. The van der Waals surface area contributed by atoms with Crippen LogP contribution in [-0.4, -0.2) is 18.6 Å². The van der Waals surface area contributed by atoms with Crippen molar-refractivity contribution in [2.24, 2.45) is 0 Å². The van der Waals surface area contributed by atoms with Crippen LogP contribution in [0.25, 0.3) is 0 Å². The molecular weight excluding hydrogens is 249 g/mol. The number of benzene rings is 1. The summed E-state index contributed by atoms with van der Waals surface area (Å²) in [5.74, 6) is 0.175. The minimum Gasteiger partial charge on any atom is -0.404 e. The molecule has 1 aromatic carbocycles. The molecule has 94 valence electrons. The lowest BCUT2D eigenvalue weighted by molar-refractivity contribution is -0.384. The molecule has 1 rings (SSSR count). The summed E-state index contributed by atoms with van der Waals surface area (Å²) in [6.45, 7) is 1.81. The van der Waals surface area contributed by atoms with Gasteiger partial charge < -0.3 is 4.52 Å². The fourth-order valence-electron chi connectivity index (χ4n) is 1.03. The van der Waals surface area contributed by atoms with Gasteiger partial charge in [0.2, 0.25) is 0 Å². The number of non-ortho nitro benzene ring substituents is 1. The largest absolute Gasteiger partial charge is 0.529 e. The first-order valence-electron chi connectivity index (χ1n) is 4.75. The molecule has 0 bridgehead atoms. The quantitative estimate of drug-likeness (QED) is 0.444. The van der Waals surface area contributed by atoms with Gasteiger partial charge in [-0.25, -0.2) is 4.57 Å². The highest BCUT2D eigenvalue weighted by molar-refractivity contribution is 7.48. The van der Waals surface area contributed by atoms with Crippen LogP contribution in [0.15, 0.2) is 24.3 Å². The first kappa shape index (κ1) is 13.6. The molecule has 0 aliphatic rings. The average Bonchev–Trinajstić information content (AvgIpc) is 2.30. The number of phosphoric acid groups is 1. The maximum absolute atomic E-state index is 11.8. The fourth-order valence-corrected chi connectivity index (χ4v) is 1.96. The van der Waals surface area contributed by atoms with E-state index in [4.69, 9.17) is 9.05 Å². The second kappa shape index (κ2) is 5.77. The lowest BCUT2D eigenvalue weighted by atomic mass is 10.3. The third-order valence-corrected chi connectivity index (χ3v) is 3.23. The summed E-state index contributed by atoms with van der Waals surface area (Å²) in [5.41, 5.74) is -0.0824. The maximum atomic E-state index is 11.8. The molecule has 0 aromatic heterocycles. The van der Waals surface area contributed by atoms with Crippen molar-refractivity contribution in [2.75, 3.05) is 13.7 Å². The van der Waals surface area contributed by atoms with Gasteiger partial charge in [-0.2, -0.15) is 0 Å². The van der Waals surface area contributed by atoms with Crippen molar-refractivity contribution in [1.82, 2.24) is 0 Å². The Balaban J connectivity index is 2.81. The summed E-state index contributed by atoms with van der Waals surface area (Å²) < 4.78 is 26.3. The maximum Gasteiger partial charge on any atom is 0.529 e. The van der Waals surface area contributed by atoms with Crippen LogP contribution in [0.5, 0.6) is 5.75 Å². The Morgan fingerprint density at radius 3 is 2.35 bits per heavy atom. The second-order valence-electron chi connectivity index (χ2n) is 2.89. The molecule has 1 atom stereocenters. The lowest BCUT2D eigenvalue weighted by Crippen LogP contribution is -2.00. The van der Waals surface area contributed by atoms with E-state index in [1.165, 1.54) is 31.4 Å². The number of nitro groups is 1. The monoisotopic (exact) mass is 261 g/mol. The van der Waals surface area contributed by atoms with Crippen molar-refractivity contribution in [3.05, 3.63) is 34.4 Å². The van der Waals surface area contributed by atoms with Crippen molar-refractivity contribution in [2.45, 2.75) is 6.92 Å². The van der Waals surface area contributed by atoms with Crippen LogP contribution in [0, 0.1) is 10.1 Å². The molecule has 8 heteroatoms. The van der Waals surface area contributed by atoms with Crippen molar-refractivity contribution >= 4 is 13.5 Å². The topological polar surface area (TPSA) is 87.9 Å². The van der Waals surface area contributed by atoms with Crippen LogP contribution in [-0.2, 0) is 13.6 Å². The van der Waals surface area contributed by atoms with Crippen LogP contribution < -0.4 is 4.52 Å². The highest BCUT2D eigenvalue weighted by Gasteiger charge is 2.26. The molecule has 0 amide bonds. The third-order valence-electron chi connectivity index (χ3n) is 1.78. The lowest BCUT2D eigenvalue weighted by Gasteiger charge is -2.15. The van der Waals surface area contributed by atoms with E-state index >= 15 is 0 Å². The molecule has 17 heavy (non-hydrogen) atoms. The SMILES string of the molecule is CCO[P@](=O)(OC)Oc1ccc([N+](=O)[O-])cc1. The van der Waals surface area contributed by atoms with Gasteiger partial charge in [0, 0.05) is 19.2 Å². The zero-order chi connectivity index (χ0) is 12.9. The van der Waals surface area contributed by atoms with E-state index in [0.717, 1.165) is 0 Å². The van der Waals surface area contributed by atoms with E-state index in [1.54, 1.807) is 6.92 Å². The third kappa shape index (κ3) is 3.81. The van der Waals surface area contributed by atoms with Crippen LogP contribution in [0.4, 0.5) is 5.69 Å². The van der Waals surface area contributed by atoms with E-state index in [9.17, 15) is 14.7 Å². The molecule has 7 nitrogen and oxygen atoms in total. The van der Waals surface area contributed by atoms with E-state index in [0.29, 0.717) is 0 Å². The van der Waals surface area contributed by atoms with Crippen molar-refractivity contribution < 1.29 is 23.1 Å². The van der Waals surface area contributed by atoms with Gasteiger partial charge >= 0.3 is 7.82 Å². The van der Waals surface area contributed by atoms with Gasteiger partial charge in [0.1, 0.15) is 5.75 Å². The average molecular weight is 261 g/mol. The normalized spacial score (nSPS) is 14.0. The molecule has 0 N–H and O–H groups in total. The molecule has 0 aliphatic carbocycles. The molecule has 1 aromatic rings. The van der Waals surface area contributed by atoms with Gasteiger partial charge in [0.15, 0.2) is 0 Å². The molecule has 0 heterocycles. The Bertz CT molecular complexity index is 432. The Hall–Kier alpha value is -1.43. The Labute approximate surface area is 98.1 Å². The van der Waals surface area contributed by atoms with Gasteiger partial charge in [0.25, 0.3) is 5.69 Å². The molecule has 0 saturated carbocycles. The van der Waals surface area contributed by atoms with Crippen LogP contribution in [0.3, 0.4) is 0 Å². The molecule has 0 saturated heterocycles. The number of phosphoric ester groups is 1. The molecule has 0 aliphatic heterocycles. The first-order chi connectivity index (χ1) is 8.00. The predicted octanol–water partition coefficient (Wildman–Crippen LogP) is 2.76. The Kier molecular flexibility index (Phi) is 4.62. The fraction of sp³-hybridized carbons (Fsp3) is 0.333. The van der Waals surface area contributed by atoms with Gasteiger partial charge in [-0.3, -0.25) is 19.2 Å². The van der Waals surface area contributed by atoms with Crippen LogP contribution >= 0.6 is 7.82 Å².